The molecular formula is C15H24N2S. The van der Waals surface area contributed by atoms with Gasteiger partial charge in [-0.3, -0.25) is 0 Å². The standard InChI is InChI=1S/C15H24N2S/c1-11(2)17-10-14(16-3)12-6-7-15-13(9-12)5-4-8-18-15/h6-7,9,11,14,16-17H,4-5,8,10H2,1-3H3. The molecule has 0 radical (unpaired) electrons. The van der Waals surface area contributed by atoms with E-state index >= 15 is 0 Å². The van der Waals surface area contributed by atoms with Crippen LogP contribution < -0.4 is 10.6 Å². The van der Waals surface area contributed by atoms with E-state index in [1.54, 1.807) is 0 Å². The number of nitrogens with one attached hydrogen (secondary N) is 2. The molecule has 1 unspecified atom stereocenters. The van der Waals surface area contributed by atoms with E-state index in [0.717, 1.165) is 6.54 Å². The number of rotatable bonds is 5. The molecule has 0 spiro atoms. The minimum absolute atomic E-state index is 0.407. The van der Waals surface area contributed by atoms with Gasteiger partial charge in [-0.15, -0.1) is 11.8 Å². The van der Waals surface area contributed by atoms with Gasteiger partial charge in [0.05, 0.1) is 0 Å². The van der Waals surface area contributed by atoms with Crippen molar-refractivity contribution in [1.82, 2.24) is 10.6 Å². The number of aryl methyl sites for hydroxylation is 1. The highest BCUT2D eigenvalue weighted by Crippen LogP contribution is 2.31. The van der Waals surface area contributed by atoms with Gasteiger partial charge >= 0.3 is 0 Å². The highest BCUT2D eigenvalue weighted by atomic mass is 32.2. The van der Waals surface area contributed by atoms with E-state index in [1.165, 1.54) is 34.6 Å². The second-order valence-electron chi connectivity index (χ2n) is 5.22. The third-order valence-electron chi connectivity index (χ3n) is 3.41. The van der Waals surface area contributed by atoms with Crippen LogP contribution >= 0.6 is 11.8 Å². The van der Waals surface area contributed by atoms with Gasteiger partial charge in [0.1, 0.15) is 0 Å². The molecule has 2 rings (SSSR count). The summed E-state index contributed by atoms with van der Waals surface area (Å²) in [5, 5.41) is 6.92. The SMILES string of the molecule is CNC(CNC(C)C)c1ccc2c(c1)CCCS2. The minimum atomic E-state index is 0.407. The maximum atomic E-state index is 3.51. The van der Waals surface area contributed by atoms with Gasteiger partial charge in [0.25, 0.3) is 0 Å². The van der Waals surface area contributed by atoms with E-state index in [2.05, 4.69) is 42.7 Å². The summed E-state index contributed by atoms with van der Waals surface area (Å²) in [6.45, 7) is 5.37. The maximum absolute atomic E-state index is 3.51. The molecule has 0 saturated heterocycles. The Balaban J connectivity index is 2.10. The molecule has 3 heteroatoms. The van der Waals surface area contributed by atoms with Crippen LogP contribution in [-0.2, 0) is 6.42 Å². The highest BCUT2D eigenvalue weighted by molar-refractivity contribution is 7.99. The first-order chi connectivity index (χ1) is 8.70. The highest BCUT2D eigenvalue weighted by Gasteiger charge is 2.14. The fourth-order valence-electron chi connectivity index (χ4n) is 2.34. The summed E-state index contributed by atoms with van der Waals surface area (Å²) in [6.07, 6.45) is 2.56. The Labute approximate surface area is 115 Å². The summed E-state index contributed by atoms with van der Waals surface area (Å²) in [7, 11) is 2.04. The number of fused-ring (bicyclic) bond motifs is 1. The van der Waals surface area contributed by atoms with E-state index in [9.17, 15) is 0 Å². The Hall–Kier alpha value is -0.510. The fraction of sp³-hybridized carbons (Fsp3) is 0.600. The summed E-state index contributed by atoms with van der Waals surface area (Å²) >= 11 is 2.00. The fourth-order valence-corrected chi connectivity index (χ4v) is 3.36. The molecule has 0 fully saturated rings. The summed E-state index contributed by atoms with van der Waals surface area (Å²) in [5.74, 6) is 1.27. The lowest BCUT2D eigenvalue weighted by molar-refractivity contribution is 0.491. The molecule has 2 N–H and O–H groups in total. The Morgan fingerprint density at radius 1 is 1.33 bits per heavy atom. The second-order valence-corrected chi connectivity index (χ2v) is 6.36. The van der Waals surface area contributed by atoms with Gasteiger partial charge in [-0.2, -0.15) is 0 Å². The Bertz CT molecular complexity index is 390. The van der Waals surface area contributed by atoms with E-state index < -0.39 is 0 Å². The van der Waals surface area contributed by atoms with Crippen LogP contribution in [0.15, 0.2) is 23.1 Å². The van der Waals surface area contributed by atoms with Crippen molar-refractivity contribution in [1.29, 1.82) is 0 Å². The van der Waals surface area contributed by atoms with E-state index in [4.69, 9.17) is 0 Å². The molecule has 1 aromatic rings. The zero-order valence-electron chi connectivity index (χ0n) is 11.6. The monoisotopic (exact) mass is 264 g/mol. The lowest BCUT2D eigenvalue weighted by Gasteiger charge is -2.22. The van der Waals surface area contributed by atoms with Crippen molar-refractivity contribution in [2.75, 3.05) is 19.3 Å². The van der Waals surface area contributed by atoms with Gasteiger partial charge in [-0.25, -0.2) is 0 Å². The molecule has 1 aliphatic rings. The van der Waals surface area contributed by atoms with Crippen LogP contribution in [0.4, 0.5) is 0 Å². The van der Waals surface area contributed by atoms with Crippen molar-refractivity contribution >= 4 is 11.8 Å². The number of likely N-dealkylation sites (N-methyl/N-ethyl adjacent to an activating group) is 1. The van der Waals surface area contributed by atoms with Crippen LogP contribution in [-0.4, -0.2) is 25.4 Å². The molecule has 100 valence electrons. The molecule has 18 heavy (non-hydrogen) atoms. The normalized spacial score (nSPS) is 16.7. The van der Waals surface area contributed by atoms with Crippen molar-refractivity contribution < 1.29 is 0 Å². The van der Waals surface area contributed by atoms with Crippen LogP contribution in [0.25, 0.3) is 0 Å². The third kappa shape index (κ3) is 3.50. The average Bonchev–Trinajstić information content (AvgIpc) is 2.39. The Kier molecular flexibility index (Phi) is 5.10. The smallest absolute Gasteiger partial charge is 0.0444 e. The van der Waals surface area contributed by atoms with Crippen molar-refractivity contribution in [2.45, 2.75) is 43.7 Å². The number of hydrogen-bond donors (Lipinski definition) is 2. The Morgan fingerprint density at radius 2 is 2.17 bits per heavy atom. The topological polar surface area (TPSA) is 24.1 Å². The molecule has 1 aliphatic heterocycles. The maximum Gasteiger partial charge on any atom is 0.0444 e. The third-order valence-corrected chi connectivity index (χ3v) is 4.62. The number of hydrogen-bond acceptors (Lipinski definition) is 3. The first-order valence-electron chi connectivity index (χ1n) is 6.87. The lowest BCUT2D eigenvalue weighted by atomic mass is 10.0. The van der Waals surface area contributed by atoms with Crippen LogP contribution in [0.5, 0.6) is 0 Å². The summed E-state index contributed by atoms with van der Waals surface area (Å²) < 4.78 is 0. The van der Waals surface area contributed by atoms with Gasteiger partial charge in [0.15, 0.2) is 0 Å². The molecule has 1 aromatic carbocycles. The predicted molar refractivity (Wildman–Crippen MR) is 80.4 cm³/mol. The van der Waals surface area contributed by atoms with Gasteiger partial charge in [0, 0.05) is 23.5 Å². The number of thioether (sulfide) groups is 1. The Morgan fingerprint density at radius 3 is 2.89 bits per heavy atom. The average molecular weight is 264 g/mol. The number of benzene rings is 1. The van der Waals surface area contributed by atoms with Crippen LogP contribution in [0.3, 0.4) is 0 Å². The summed E-state index contributed by atoms with van der Waals surface area (Å²) in [5.41, 5.74) is 2.94. The lowest BCUT2D eigenvalue weighted by Crippen LogP contribution is -2.33. The second kappa shape index (κ2) is 6.60. The molecule has 0 saturated carbocycles. The molecule has 0 amide bonds. The van der Waals surface area contributed by atoms with Crippen molar-refractivity contribution in [3.05, 3.63) is 29.3 Å². The molecule has 1 heterocycles. The quantitative estimate of drug-likeness (QED) is 0.855. The largest absolute Gasteiger partial charge is 0.313 e. The minimum Gasteiger partial charge on any atom is -0.313 e. The zero-order chi connectivity index (χ0) is 13.0. The zero-order valence-corrected chi connectivity index (χ0v) is 12.4. The molecule has 0 bridgehead atoms. The van der Waals surface area contributed by atoms with Gasteiger partial charge in [-0.05, 0) is 42.8 Å². The molecule has 0 aromatic heterocycles. The summed E-state index contributed by atoms with van der Waals surface area (Å²) in [4.78, 5) is 1.48. The molecular weight excluding hydrogens is 240 g/mol. The van der Waals surface area contributed by atoms with E-state index in [0.29, 0.717) is 12.1 Å². The first-order valence-corrected chi connectivity index (χ1v) is 7.85. The van der Waals surface area contributed by atoms with Crippen LogP contribution in [0.1, 0.15) is 37.4 Å². The first kappa shape index (κ1) is 13.9. The molecule has 1 atom stereocenters. The van der Waals surface area contributed by atoms with Crippen molar-refractivity contribution in [2.24, 2.45) is 0 Å². The van der Waals surface area contributed by atoms with E-state index in [1.807, 2.05) is 18.8 Å². The van der Waals surface area contributed by atoms with Gasteiger partial charge in [0.2, 0.25) is 0 Å². The summed E-state index contributed by atoms with van der Waals surface area (Å²) in [6, 6.07) is 7.91. The van der Waals surface area contributed by atoms with Crippen LogP contribution in [0, 0.1) is 0 Å². The van der Waals surface area contributed by atoms with Crippen molar-refractivity contribution in [3.8, 4) is 0 Å². The van der Waals surface area contributed by atoms with Crippen LogP contribution in [0.2, 0.25) is 0 Å². The molecule has 2 nitrogen and oxygen atoms in total. The van der Waals surface area contributed by atoms with Crippen molar-refractivity contribution in [3.63, 3.8) is 0 Å². The van der Waals surface area contributed by atoms with Gasteiger partial charge in [-0.1, -0.05) is 26.0 Å². The predicted octanol–water partition coefficient (Wildman–Crippen LogP) is 2.98. The molecule has 0 aliphatic carbocycles. The van der Waals surface area contributed by atoms with Gasteiger partial charge < -0.3 is 10.6 Å². The van der Waals surface area contributed by atoms with E-state index in [-0.39, 0.29) is 0 Å².